The summed E-state index contributed by atoms with van der Waals surface area (Å²) >= 11 is 15.7. The number of hydrogen-bond acceptors (Lipinski definition) is 2. The van der Waals surface area contributed by atoms with Gasteiger partial charge < -0.3 is 0 Å². The lowest BCUT2D eigenvalue weighted by molar-refractivity contribution is 0.552. The molecule has 2 rings (SSSR count). The molecule has 0 aliphatic carbocycles. The van der Waals surface area contributed by atoms with Crippen molar-refractivity contribution in [1.82, 2.24) is 5.43 Å². The largest absolute Gasteiger partial charge is 0.271 e. The molecule has 0 heterocycles. The summed E-state index contributed by atoms with van der Waals surface area (Å²) in [5.74, 6) is 5.65. The highest BCUT2D eigenvalue weighted by molar-refractivity contribution is 9.10. The van der Waals surface area contributed by atoms with Crippen LogP contribution in [0, 0.1) is 0 Å². The van der Waals surface area contributed by atoms with Crippen LogP contribution in [-0.2, 0) is 6.42 Å². The first-order valence-electron chi connectivity index (χ1n) is 5.75. The van der Waals surface area contributed by atoms with Gasteiger partial charge in [0.05, 0.1) is 6.04 Å². The molecular formula is C14H13BrCl2N2. The second-order valence-electron chi connectivity index (χ2n) is 4.22. The van der Waals surface area contributed by atoms with Crippen LogP contribution in [0.3, 0.4) is 0 Å². The number of benzene rings is 2. The van der Waals surface area contributed by atoms with Gasteiger partial charge >= 0.3 is 0 Å². The normalized spacial score (nSPS) is 12.4. The summed E-state index contributed by atoms with van der Waals surface area (Å²) in [5.41, 5.74) is 4.87. The first kappa shape index (κ1) is 14.8. The summed E-state index contributed by atoms with van der Waals surface area (Å²) in [6.45, 7) is 0. The van der Waals surface area contributed by atoms with Crippen molar-refractivity contribution >= 4 is 39.1 Å². The molecule has 1 atom stereocenters. The Kier molecular flexibility index (Phi) is 5.25. The molecule has 0 aliphatic heterocycles. The van der Waals surface area contributed by atoms with Gasteiger partial charge in [-0.05, 0) is 41.8 Å². The average Bonchev–Trinajstić information content (AvgIpc) is 2.36. The van der Waals surface area contributed by atoms with Crippen molar-refractivity contribution in [1.29, 1.82) is 0 Å². The van der Waals surface area contributed by atoms with Crippen LogP contribution in [0.5, 0.6) is 0 Å². The Morgan fingerprint density at radius 2 is 1.89 bits per heavy atom. The molecule has 2 aromatic rings. The highest BCUT2D eigenvalue weighted by atomic mass is 79.9. The fraction of sp³-hybridized carbons (Fsp3) is 0.143. The predicted octanol–water partition coefficient (Wildman–Crippen LogP) is 4.50. The van der Waals surface area contributed by atoms with Gasteiger partial charge in [-0.1, -0.05) is 57.3 Å². The van der Waals surface area contributed by atoms with Crippen LogP contribution in [0.4, 0.5) is 0 Å². The maximum absolute atomic E-state index is 6.17. The van der Waals surface area contributed by atoms with Gasteiger partial charge in [0, 0.05) is 14.5 Å². The Morgan fingerprint density at radius 1 is 1.16 bits per heavy atom. The minimum Gasteiger partial charge on any atom is -0.271 e. The first-order chi connectivity index (χ1) is 9.10. The van der Waals surface area contributed by atoms with Crippen molar-refractivity contribution in [2.45, 2.75) is 12.5 Å². The lowest BCUT2D eigenvalue weighted by Crippen LogP contribution is -2.29. The molecule has 0 saturated carbocycles. The SMILES string of the molecule is NNC(Cc1ccccc1Cl)c1cc(Cl)cc(Br)c1. The van der Waals surface area contributed by atoms with Crippen LogP contribution in [-0.4, -0.2) is 0 Å². The minimum absolute atomic E-state index is 0.0464. The standard InChI is InChI=1S/C14H13BrCl2N2/c15-11-5-10(6-12(16)8-11)14(19-18)7-9-3-1-2-4-13(9)17/h1-6,8,14,19H,7,18H2. The minimum atomic E-state index is -0.0464. The second kappa shape index (κ2) is 6.73. The summed E-state index contributed by atoms with van der Waals surface area (Å²) in [4.78, 5) is 0. The van der Waals surface area contributed by atoms with Crippen molar-refractivity contribution in [2.24, 2.45) is 5.84 Å². The van der Waals surface area contributed by atoms with Crippen molar-refractivity contribution in [3.8, 4) is 0 Å². The van der Waals surface area contributed by atoms with E-state index in [2.05, 4.69) is 21.4 Å². The molecule has 0 saturated heterocycles. The molecule has 5 heteroatoms. The van der Waals surface area contributed by atoms with E-state index in [1.54, 1.807) is 0 Å². The maximum Gasteiger partial charge on any atom is 0.0501 e. The lowest BCUT2D eigenvalue weighted by atomic mass is 9.99. The van der Waals surface area contributed by atoms with Crippen molar-refractivity contribution in [3.63, 3.8) is 0 Å². The van der Waals surface area contributed by atoms with Gasteiger partial charge in [0.15, 0.2) is 0 Å². The Bertz CT molecular complexity index is 555. The summed E-state index contributed by atoms with van der Waals surface area (Å²) in [6, 6.07) is 13.4. The molecule has 0 aliphatic rings. The number of hydrazine groups is 1. The van der Waals surface area contributed by atoms with Gasteiger partial charge in [-0.3, -0.25) is 11.3 Å². The van der Waals surface area contributed by atoms with E-state index < -0.39 is 0 Å². The quantitative estimate of drug-likeness (QED) is 0.622. The van der Waals surface area contributed by atoms with Gasteiger partial charge in [-0.25, -0.2) is 0 Å². The van der Waals surface area contributed by atoms with E-state index in [-0.39, 0.29) is 6.04 Å². The third-order valence-electron chi connectivity index (χ3n) is 2.87. The molecule has 3 N–H and O–H groups in total. The molecule has 2 aromatic carbocycles. The van der Waals surface area contributed by atoms with Crippen LogP contribution in [0.2, 0.25) is 10.0 Å². The molecule has 0 radical (unpaired) electrons. The Labute approximate surface area is 131 Å². The van der Waals surface area contributed by atoms with Gasteiger partial charge in [0.1, 0.15) is 0 Å². The number of nitrogens with two attached hydrogens (primary N) is 1. The summed E-state index contributed by atoms with van der Waals surface area (Å²) in [5, 5.41) is 1.41. The zero-order chi connectivity index (χ0) is 13.8. The van der Waals surface area contributed by atoms with Crippen molar-refractivity contribution in [2.75, 3.05) is 0 Å². The first-order valence-corrected chi connectivity index (χ1v) is 7.30. The Morgan fingerprint density at radius 3 is 2.53 bits per heavy atom. The van der Waals surface area contributed by atoms with Gasteiger partial charge in [0.25, 0.3) is 0 Å². The zero-order valence-electron chi connectivity index (χ0n) is 10.0. The van der Waals surface area contributed by atoms with E-state index in [9.17, 15) is 0 Å². The molecule has 0 amide bonds. The average molecular weight is 360 g/mol. The zero-order valence-corrected chi connectivity index (χ0v) is 13.1. The predicted molar refractivity (Wildman–Crippen MR) is 84.4 cm³/mol. The number of nitrogens with one attached hydrogen (secondary N) is 1. The molecule has 0 spiro atoms. The highest BCUT2D eigenvalue weighted by Crippen LogP contribution is 2.27. The molecule has 19 heavy (non-hydrogen) atoms. The van der Waals surface area contributed by atoms with E-state index >= 15 is 0 Å². The molecule has 2 nitrogen and oxygen atoms in total. The number of hydrogen-bond donors (Lipinski definition) is 2. The Balaban J connectivity index is 2.28. The molecule has 0 bridgehead atoms. The molecule has 0 aromatic heterocycles. The molecule has 100 valence electrons. The number of rotatable bonds is 4. The van der Waals surface area contributed by atoms with E-state index in [1.165, 1.54) is 0 Å². The lowest BCUT2D eigenvalue weighted by Gasteiger charge is -2.18. The number of halogens is 3. The van der Waals surface area contributed by atoms with E-state index in [1.807, 2.05) is 42.5 Å². The van der Waals surface area contributed by atoms with Crippen LogP contribution in [0.25, 0.3) is 0 Å². The van der Waals surface area contributed by atoms with E-state index in [0.717, 1.165) is 20.6 Å². The summed E-state index contributed by atoms with van der Waals surface area (Å²) in [6.07, 6.45) is 0.697. The molecule has 0 fully saturated rings. The van der Waals surface area contributed by atoms with Gasteiger partial charge in [-0.2, -0.15) is 0 Å². The highest BCUT2D eigenvalue weighted by Gasteiger charge is 2.13. The third kappa shape index (κ3) is 3.94. The van der Waals surface area contributed by atoms with E-state index in [0.29, 0.717) is 11.4 Å². The second-order valence-corrected chi connectivity index (χ2v) is 5.98. The molecular weight excluding hydrogens is 347 g/mol. The monoisotopic (exact) mass is 358 g/mol. The van der Waals surface area contributed by atoms with Crippen molar-refractivity contribution in [3.05, 3.63) is 68.1 Å². The summed E-state index contributed by atoms with van der Waals surface area (Å²) < 4.78 is 0.925. The maximum atomic E-state index is 6.17. The molecule has 1 unspecified atom stereocenters. The van der Waals surface area contributed by atoms with Crippen LogP contribution >= 0.6 is 39.1 Å². The van der Waals surface area contributed by atoms with Crippen LogP contribution in [0.15, 0.2) is 46.9 Å². The smallest absolute Gasteiger partial charge is 0.0501 e. The Hall–Kier alpha value is -0.580. The van der Waals surface area contributed by atoms with Crippen LogP contribution in [0.1, 0.15) is 17.2 Å². The fourth-order valence-corrected chi connectivity index (χ4v) is 3.03. The van der Waals surface area contributed by atoms with Crippen LogP contribution < -0.4 is 11.3 Å². The van der Waals surface area contributed by atoms with Gasteiger partial charge in [0.2, 0.25) is 0 Å². The third-order valence-corrected chi connectivity index (χ3v) is 3.92. The summed E-state index contributed by atoms with van der Waals surface area (Å²) in [7, 11) is 0. The topological polar surface area (TPSA) is 38.0 Å². The van der Waals surface area contributed by atoms with Gasteiger partial charge in [-0.15, -0.1) is 0 Å². The fourth-order valence-electron chi connectivity index (χ4n) is 1.93. The van der Waals surface area contributed by atoms with E-state index in [4.69, 9.17) is 29.0 Å². The van der Waals surface area contributed by atoms with Crippen molar-refractivity contribution < 1.29 is 0 Å².